The normalized spacial score (nSPS) is 10.3. The average molecular weight is 199 g/mol. The second-order valence-corrected chi connectivity index (χ2v) is 3.55. The molecule has 2 aromatic rings. The molecule has 0 heterocycles. The molecule has 1 heteroatoms. The van der Waals surface area contributed by atoms with Gasteiger partial charge in [-0.2, -0.15) is 0 Å². The fourth-order valence-electron chi connectivity index (χ4n) is 1.67. The van der Waals surface area contributed by atoms with Crippen LogP contribution in [0.2, 0.25) is 0 Å². The Morgan fingerprint density at radius 2 is 1.80 bits per heavy atom. The number of rotatable bonds is 2. The maximum atomic E-state index is 12.4. The molecule has 0 spiro atoms. The Morgan fingerprint density at radius 1 is 1.00 bits per heavy atom. The standard InChI is InChI=1S/C14H12F/c1-11-5-2-3-8-14(11)13-7-4-6-12(9-13)10-15/h2-10H,1H3. The smallest absolute Gasteiger partial charge is 0.160 e. The van der Waals surface area contributed by atoms with Gasteiger partial charge in [0, 0.05) is 0 Å². The maximum absolute atomic E-state index is 12.4. The summed E-state index contributed by atoms with van der Waals surface area (Å²) in [5.74, 6) is 0. The van der Waals surface area contributed by atoms with E-state index in [4.69, 9.17) is 0 Å². The lowest BCUT2D eigenvalue weighted by Gasteiger charge is -2.06. The monoisotopic (exact) mass is 199 g/mol. The van der Waals surface area contributed by atoms with Gasteiger partial charge in [0.25, 0.3) is 0 Å². The van der Waals surface area contributed by atoms with Crippen molar-refractivity contribution in [1.82, 2.24) is 0 Å². The van der Waals surface area contributed by atoms with Crippen LogP contribution < -0.4 is 0 Å². The SMILES string of the molecule is Cc1ccccc1-c1cccc([CH]F)c1. The molecular weight excluding hydrogens is 187 g/mol. The molecule has 2 rings (SSSR count). The van der Waals surface area contributed by atoms with Gasteiger partial charge in [-0.3, -0.25) is 0 Å². The van der Waals surface area contributed by atoms with Gasteiger partial charge < -0.3 is 0 Å². The molecule has 75 valence electrons. The second kappa shape index (κ2) is 4.26. The van der Waals surface area contributed by atoms with E-state index in [2.05, 4.69) is 13.0 Å². The molecule has 0 amide bonds. The lowest BCUT2D eigenvalue weighted by molar-refractivity contribution is 0.646. The van der Waals surface area contributed by atoms with Crippen LogP contribution in [0.4, 0.5) is 4.39 Å². The van der Waals surface area contributed by atoms with Crippen molar-refractivity contribution in [3.8, 4) is 11.1 Å². The molecule has 0 aliphatic carbocycles. The molecular formula is C14H12F. The number of halogens is 1. The summed E-state index contributed by atoms with van der Waals surface area (Å²) in [4.78, 5) is 0. The van der Waals surface area contributed by atoms with Crippen molar-refractivity contribution < 1.29 is 4.39 Å². The first-order chi connectivity index (χ1) is 7.31. The third-order valence-corrected chi connectivity index (χ3v) is 2.47. The van der Waals surface area contributed by atoms with E-state index in [1.807, 2.05) is 36.4 Å². The minimum absolute atomic E-state index is 0.607. The lowest BCUT2D eigenvalue weighted by atomic mass is 9.99. The Hall–Kier alpha value is -1.63. The molecule has 0 N–H and O–H groups in total. The zero-order valence-electron chi connectivity index (χ0n) is 8.57. The molecule has 0 fully saturated rings. The zero-order chi connectivity index (χ0) is 10.7. The molecule has 2 aromatic carbocycles. The molecule has 1 radical (unpaired) electrons. The molecule has 0 aliphatic heterocycles. The van der Waals surface area contributed by atoms with Gasteiger partial charge in [-0.25, -0.2) is 4.39 Å². The average Bonchev–Trinajstić information content (AvgIpc) is 2.30. The number of benzene rings is 2. The first kappa shape index (κ1) is 9.91. The molecule has 0 atom stereocenters. The fraction of sp³-hybridized carbons (Fsp3) is 0.0714. The van der Waals surface area contributed by atoms with Crippen LogP contribution in [0.3, 0.4) is 0 Å². The summed E-state index contributed by atoms with van der Waals surface area (Å²) in [5.41, 5.74) is 4.02. The van der Waals surface area contributed by atoms with E-state index in [1.54, 1.807) is 6.07 Å². The molecule has 0 bridgehead atoms. The highest BCUT2D eigenvalue weighted by molar-refractivity contribution is 5.67. The summed E-state index contributed by atoms with van der Waals surface area (Å²) in [6.45, 7) is 2.68. The van der Waals surface area contributed by atoms with Gasteiger partial charge in [0.1, 0.15) is 0 Å². The van der Waals surface area contributed by atoms with Gasteiger partial charge in [0.05, 0.1) is 0 Å². The van der Waals surface area contributed by atoms with E-state index >= 15 is 0 Å². The van der Waals surface area contributed by atoms with Gasteiger partial charge in [-0.05, 0) is 35.2 Å². The molecule has 0 saturated heterocycles. The van der Waals surface area contributed by atoms with Crippen LogP contribution in [0.25, 0.3) is 11.1 Å². The third kappa shape index (κ3) is 2.07. The summed E-state index contributed by atoms with van der Waals surface area (Å²) in [6, 6.07) is 15.6. The van der Waals surface area contributed by atoms with Gasteiger partial charge in [0.2, 0.25) is 0 Å². The van der Waals surface area contributed by atoms with Crippen molar-refractivity contribution in [3.05, 3.63) is 66.3 Å². The van der Waals surface area contributed by atoms with Crippen LogP contribution >= 0.6 is 0 Å². The van der Waals surface area contributed by atoms with Gasteiger partial charge >= 0.3 is 0 Å². The van der Waals surface area contributed by atoms with Crippen LogP contribution in [-0.4, -0.2) is 0 Å². The zero-order valence-corrected chi connectivity index (χ0v) is 8.57. The van der Waals surface area contributed by atoms with Crippen molar-refractivity contribution in [2.75, 3.05) is 0 Å². The summed E-state index contributed by atoms with van der Waals surface area (Å²) >= 11 is 0. The minimum Gasteiger partial charge on any atom is -0.239 e. The first-order valence-corrected chi connectivity index (χ1v) is 4.91. The van der Waals surface area contributed by atoms with Crippen LogP contribution in [0.5, 0.6) is 0 Å². The third-order valence-electron chi connectivity index (χ3n) is 2.47. The maximum Gasteiger partial charge on any atom is 0.160 e. The van der Waals surface area contributed by atoms with Crippen LogP contribution in [0, 0.1) is 13.6 Å². The largest absolute Gasteiger partial charge is 0.239 e. The summed E-state index contributed by atoms with van der Waals surface area (Å²) in [7, 11) is 0. The molecule has 0 nitrogen and oxygen atoms in total. The molecule has 0 unspecified atom stereocenters. The summed E-state index contributed by atoms with van der Waals surface area (Å²) in [6.07, 6.45) is 0. The lowest BCUT2D eigenvalue weighted by Crippen LogP contribution is -1.84. The summed E-state index contributed by atoms with van der Waals surface area (Å²) < 4.78 is 12.4. The summed E-state index contributed by atoms with van der Waals surface area (Å²) in [5, 5.41) is 0. The van der Waals surface area contributed by atoms with Gasteiger partial charge in [-0.15, -0.1) is 0 Å². The highest BCUT2D eigenvalue weighted by atomic mass is 19.1. The van der Waals surface area contributed by atoms with E-state index in [0.29, 0.717) is 12.2 Å². The topological polar surface area (TPSA) is 0 Å². The Labute approximate surface area is 89.4 Å². The Bertz CT molecular complexity index is 460. The van der Waals surface area contributed by atoms with Gasteiger partial charge in [0.15, 0.2) is 6.67 Å². The molecule has 0 saturated carbocycles. The Balaban J connectivity index is 2.49. The number of hydrogen-bond donors (Lipinski definition) is 0. The van der Waals surface area contributed by atoms with E-state index in [-0.39, 0.29) is 0 Å². The molecule has 0 aliphatic rings. The minimum atomic E-state index is 0.607. The van der Waals surface area contributed by atoms with Crippen molar-refractivity contribution in [2.24, 2.45) is 0 Å². The van der Waals surface area contributed by atoms with Gasteiger partial charge in [-0.1, -0.05) is 42.5 Å². The highest BCUT2D eigenvalue weighted by Crippen LogP contribution is 2.24. The Morgan fingerprint density at radius 3 is 2.53 bits per heavy atom. The second-order valence-electron chi connectivity index (χ2n) is 3.55. The van der Waals surface area contributed by atoms with Crippen LogP contribution in [0.15, 0.2) is 48.5 Å². The van der Waals surface area contributed by atoms with Crippen molar-refractivity contribution in [1.29, 1.82) is 0 Å². The van der Waals surface area contributed by atoms with E-state index in [1.165, 1.54) is 5.56 Å². The quantitative estimate of drug-likeness (QED) is 0.681. The molecule has 15 heavy (non-hydrogen) atoms. The predicted octanol–water partition coefficient (Wildman–Crippen LogP) is 4.14. The van der Waals surface area contributed by atoms with Crippen molar-refractivity contribution >= 4 is 0 Å². The van der Waals surface area contributed by atoms with Crippen molar-refractivity contribution in [3.63, 3.8) is 0 Å². The Kier molecular flexibility index (Phi) is 2.82. The van der Waals surface area contributed by atoms with Crippen LogP contribution in [0.1, 0.15) is 11.1 Å². The highest BCUT2D eigenvalue weighted by Gasteiger charge is 2.01. The van der Waals surface area contributed by atoms with E-state index < -0.39 is 0 Å². The van der Waals surface area contributed by atoms with E-state index in [0.717, 1.165) is 11.1 Å². The van der Waals surface area contributed by atoms with Crippen molar-refractivity contribution in [2.45, 2.75) is 6.92 Å². The molecule has 0 aromatic heterocycles. The fourth-order valence-corrected chi connectivity index (χ4v) is 1.67. The van der Waals surface area contributed by atoms with Crippen LogP contribution in [-0.2, 0) is 0 Å². The number of hydrogen-bond acceptors (Lipinski definition) is 0. The number of aryl methyl sites for hydroxylation is 1. The van der Waals surface area contributed by atoms with E-state index in [9.17, 15) is 4.39 Å². The predicted molar refractivity (Wildman–Crippen MR) is 61.1 cm³/mol. The first-order valence-electron chi connectivity index (χ1n) is 4.91.